The van der Waals surface area contributed by atoms with E-state index in [0.717, 1.165) is 12.8 Å². The molecular formula is C15H24N2O3. The molecule has 2 rings (SSSR count). The average Bonchev–Trinajstić information content (AvgIpc) is 2.45. The van der Waals surface area contributed by atoms with Crippen LogP contribution >= 0.6 is 0 Å². The lowest BCUT2D eigenvalue weighted by atomic mass is 9.82. The van der Waals surface area contributed by atoms with Crippen LogP contribution in [0.4, 0.5) is 0 Å². The van der Waals surface area contributed by atoms with Crippen LogP contribution in [0.2, 0.25) is 0 Å². The molecule has 0 radical (unpaired) electrons. The molecule has 1 aliphatic heterocycles. The molecule has 0 spiro atoms. The molecule has 112 valence electrons. The minimum Gasteiger partial charge on any atom is -0.483 e. The molecular weight excluding hydrogens is 256 g/mol. The standard InChI is InChI=1S/C15H24N2O3/c1-9(2)12-14(19-3)17-13(15(16-12)20-4)10-6-5-7-11(18)8-10/h9-10,12-13H,5-8H2,1-4H3/t10-,12?,13-/m0/s1. The van der Waals surface area contributed by atoms with Crippen LogP contribution in [0.3, 0.4) is 0 Å². The molecule has 1 unspecified atom stereocenters. The summed E-state index contributed by atoms with van der Waals surface area (Å²) >= 11 is 0. The largest absolute Gasteiger partial charge is 0.483 e. The van der Waals surface area contributed by atoms with Gasteiger partial charge in [0.25, 0.3) is 0 Å². The van der Waals surface area contributed by atoms with Gasteiger partial charge in [0, 0.05) is 12.8 Å². The summed E-state index contributed by atoms with van der Waals surface area (Å²) in [5, 5.41) is 0. The van der Waals surface area contributed by atoms with Gasteiger partial charge in [0.15, 0.2) is 0 Å². The molecule has 2 aliphatic rings. The molecule has 1 aliphatic carbocycles. The van der Waals surface area contributed by atoms with E-state index in [1.807, 2.05) is 0 Å². The molecule has 0 aromatic rings. The number of nitrogens with zero attached hydrogens (tertiary/aromatic N) is 2. The highest BCUT2D eigenvalue weighted by Gasteiger charge is 2.37. The predicted molar refractivity (Wildman–Crippen MR) is 78.3 cm³/mol. The van der Waals surface area contributed by atoms with Gasteiger partial charge < -0.3 is 9.47 Å². The number of Topliss-reactive ketones (excluding diaryl/α,β-unsaturated/α-hetero) is 1. The first kappa shape index (κ1) is 15.0. The summed E-state index contributed by atoms with van der Waals surface area (Å²) in [5.74, 6) is 2.10. The van der Waals surface area contributed by atoms with Crippen LogP contribution in [-0.2, 0) is 14.3 Å². The summed E-state index contributed by atoms with van der Waals surface area (Å²) in [5.41, 5.74) is 0. The van der Waals surface area contributed by atoms with Crippen molar-refractivity contribution in [3.63, 3.8) is 0 Å². The predicted octanol–water partition coefficient (Wildman–Crippen LogP) is 2.24. The number of ether oxygens (including phenoxy) is 2. The zero-order chi connectivity index (χ0) is 14.7. The van der Waals surface area contributed by atoms with Crippen LogP contribution in [-0.4, -0.2) is 43.9 Å². The quantitative estimate of drug-likeness (QED) is 0.779. The van der Waals surface area contributed by atoms with E-state index in [-0.39, 0.29) is 18.0 Å². The lowest BCUT2D eigenvalue weighted by Crippen LogP contribution is -2.42. The molecule has 0 bridgehead atoms. The van der Waals surface area contributed by atoms with Crippen molar-refractivity contribution in [3.05, 3.63) is 0 Å². The van der Waals surface area contributed by atoms with E-state index < -0.39 is 0 Å². The molecule has 1 saturated carbocycles. The van der Waals surface area contributed by atoms with Crippen molar-refractivity contribution in [2.45, 2.75) is 51.6 Å². The topological polar surface area (TPSA) is 60.2 Å². The van der Waals surface area contributed by atoms with Crippen LogP contribution in [0, 0.1) is 11.8 Å². The second kappa shape index (κ2) is 6.37. The molecule has 0 aromatic heterocycles. The molecule has 20 heavy (non-hydrogen) atoms. The normalized spacial score (nSPS) is 30.9. The fourth-order valence-electron chi connectivity index (χ4n) is 2.95. The van der Waals surface area contributed by atoms with E-state index >= 15 is 0 Å². The van der Waals surface area contributed by atoms with Crippen molar-refractivity contribution < 1.29 is 14.3 Å². The first-order chi connectivity index (χ1) is 9.56. The lowest BCUT2D eigenvalue weighted by molar-refractivity contribution is -0.121. The highest BCUT2D eigenvalue weighted by molar-refractivity contribution is 5.94. The second-order valence-corrected chi connectivity index (χ2v) is 5.87. The summed E-state index contributed by atoms with van der Waals surface area (Å²) in [6.45, 7) is 4.17. The highest BCUT2D eigenvalue weighted by Crippen LogP contribution is 2.30. The summed E-state index contributed by atoms with van der Waals surface area (Å²) in [7, 11) is 3.26. The molecule has 1 heterocycles. The SMILES string of the molecule is COC1=N[C@@H]([C@H]2CCCC(=O)C2)C(OC)=NC1C(C)C. The van der Waals surface area contributed by atoms with Crippen LogP contribution in [0.5, 0.6) is 0 Å². The Morgan fingerprint density at radius 3 is 2.40 bits per heavy atom. The molecule has 0 saturated heterocycles. The Balaban J connectivity index is 2.25. The summed E-state index contributed by atoms with van der Waals surface area (Å²) in [4.78, 5) is 21.0. The van der Waals surface area contributed by atoms with Gasteiger partial charge in [0.1, 0.15) is 17.9 Å². The first-order valence-electron chi connectivity index (χ1n) is 7.31. The number of hydrogen-bond donors (Lipinski definition) is 0. The molecule has 5 heteroatoms. The van der Waals surface area contributed by atoms with Gasteiger partial charge in [-0.3, -0.25) is 4.79 Å². The smallest absolute Gasteiger partial charge is 0.209 e. The van der Waals surface area contributed by atoms with E-state index in [0.29, 0.717) is 36.3 Å². The van der Waals surface area contributed by atoms with Gasteiger partial charge in [-0.05, 0) is 24.7 Å². The fourth-order valence-corrected chi connectivity index (χ4v) is 2.95. The van der Waals surface area contributed by atoms with Gasteiger partial charge in [-0.15, -0.1) is 0 Å². The van der Waals surface area contributed by atoms with Crippen molar-refractivity contribution in [3.8, 4) is 0 Å². The van der Waals surface area contributed by atoms with E-state index in [9.17, 15) is 4.79 Å². The number of carbonyl (C=O) groups excluding carboxylic acids is 1. The Bertz CT molecular complexity index is 429. The van der Waals surface area contributed by atoms with E-state index in [1.165, 1.54) is 0 Å². The van der Waals surface area contributed by atoms with Gasteiger partial charge in [-0.2, -0.15) is 0 Å². The average molecular weight is 280 g/mol. The van der Waals surface area contributed by atoms with Crippen molar-refractivity contribution in [2.24, 2.45) is 21.8 Å². The highest BCUT2D eigenvalue weighted by atomic mass is 16.5. The Morgan fingerprint density at radius 2 is 1.85 bits per heavy atom. The number of carbonyl (C=O) groups is 1. The maximum Gasteiger partial charge on any atom is 0.209 e. The van der Waals surface area contributed by atoms with Crippen LogP contribution in [0.15, 0.2) is 9.98 Å². The van der Waals surface area contributed by atoms with Crippen LogP contribution < -0.4 is 0 Å². The van der Waals surface area contributed by atoms with Crippen molar-refractivity contribution >= 4 is 17.6 Å². The molecule has 1 fully saturated rings. The maximum atomic E-state index is 11.7. The molecule has 5 nitrogen and oxygen atoms in total. The van der Waals surface area contributed by atoms with E-state index in [4.69, 9.17) is 14.5 Å². The Labute approximate surface area is 120 Å². The number of ketones is 1. The summed E-state index contributed by atoms with van der Waals surface area (Å²) in [6.07, 6.45) is 3.19. The van der Waals surface area contributed by atoms with Crippen LogP contribution in [0.25, 0.3) is 0 Å². The lowest BCUT2D eigenvalue weighted by Gasteiger charge is -2.32. The van der Waals surface area contributed by atoms with E-state index in [2.05, 4.69) is 18.8 Å². The molecule has 0 amide bonds. The van der Waals surface area contributed by atoms with Gasteiger partial charge >= 0.3 is 0 Å². The summed E-state index contributed by atoms with van der Waals surface area (Å²) in [6, 6.07) is -0.264. The third kappa shape index (κ3) is 3.02. The monoisotopic (exact) mass is 280 g/mol. The first-order valence-corrected chi connectivity index (χ1v) is 7.31. The maximum absolute atomic E-state index is 11.7. The molecule has 3 atom stereocenters. The third-order valence-electron chi connectivity index (χ3n) is 4.06. The van der Waals surface area contributed by atoms with Gasteiger partial charge in [0.05, 0.1) is 14.2 Å². The van der Waals surface area contributed by atoms with Crippen molar-refractivity contribution in [1.82, 2.24) is 0 Å². The Morgan fingerprint density at radius 1 is 1.15 bits per heavy atom. The number of methoxy groups -OCH3 is 2. The Kier molecular flexibility index (Phi) is 4.78. The van der Waals surface area contributed by atoms with Gasteiger partial charge in [0.2, 0.25) is 11.8 Å². The van der Waals surface area contributed by atoms with Crippen molar-refractivity contribution in [1.29, 1.82) is 0 Å². The second-order valence-electron chi connectivity index (χ2n) is 5.87. The van der Waals surface area contributed by atoms with E-state index in [1.54, 1.807) is 14.2 Å². The van der Waals surface area contributed by atoms with Gasteiger partial charge in [-0.25, -0.2) is 9.98 Å². The number of hydrogen-bond acceptors (Lipinski definition) is 5. The number of rotatable bonds is 2. The number of aliphatic imine (C=N–C) groups is 2. The minimum atomic E-state index is -0.172. The zero-order valence-corrected chi connectivity index (χ0v) is 12.8. The minimum absolute atomic E-state index is 0.0921. The van der Waals surface area contributed by atoms with Crippen LogP contribution in [0.1, 0.15) is 39.5 Å². The summed E-state index contributed by atoms with van der Waals surface area (Å²) < 4.78 is 10.8. The molecule has 0 aromatic carbocycles. The fraction of sp³-hybridized carbons (Fsp3) is 0.800. The Hall–Kier alpha value is -1.39. The van der Waals surface area contributed by atoms with Gasteiger partial charge in [-0.1, -0.05) is 13.8 Å². The molecule has 0 N–H and O–H groups in total. The third-order valence-corrected chi connectivity index (χ3v) is 4.06. The zero-order valence-electron chi connectivity index (χ0n) is 12.8. The van der Waals surface area contributed by atoms with Crippen molar-refractivity contribution in [2.75, 3.05) is 14.2 Å².